The average Bonchev–Trinajstić information content (AvgIpc) is 2.56. The zero-order valence-electron chi connectivity index (χ0n) is 14.6. The van der Waals surface area contributed by atoms with Crippen molar-refractivity contribution in [2.24, 2.45) is 0 Å². The maximum Gasteiger partial charge on any atom is 0.317 e. The molecule has 1 aliphatic carbocycles. The third kappa shape index (κ3) is 5.62. The maximum absolute atomic E-state index is 12.2. The van der Waals surface area contributed by atoms with Gasteiger partial charge in [-0.2, -0.15) is 0 Å². The van der Waals surface area contributed by atoms with Crippen molar-refractivity contribution < 1.29 is 4.79 Å². The van der Waals surface area contributed by atoms with E-state index in [1.807, 2.05) is 21.1 Å². The number of carbonyl (C=O) groups is 1. The SMILES string of the molecule is CN(Cc1ccc(N(C)C)cc1)C(=O)NCCC1=CCCCC1. The lowest BCUT2D eigenvalue weighted by molar-refractivity contribution is 0.207. The molecule has 0 spiro atoms. The summed E-state index contributed by atoms with van der Waals surface area (Å²) in [5, 5.41) is 3.02. The van der Waals surface area contributed by atoms with Crippen LogP contribution < -0.4 is 10.2 Å². The van der Waals surface area contributed by atoms with Gasteiger partial charge in [-0.25, -0.2) is 4.79 Å². The predicted octanol–water partition coefficient (Wildman–Crippen LogP) is 3.78. The van der Waals surface area contributed by atoms with E-state index in [0.29, 0.717) is 6.54 Å². The van der Waals surface area contributed by atoms with Gasteiger partial charge < -0.3 is 15.1 Å². The molecule has 0 aliphatic heterocycles. The lowest BCUT2D eigenvalue weighted by Gasteiger charge is -2.20. The van der Waals surface area contributed by atoms with E-state index in [4.69, 9.17) is 0 Å². The molecule has 0 fully saturated rings. The Morgan fingerprint density at radius 1 is 1.13 bits per heavy atom. The third-order valence-corrected chi connectivity index (χ3v) is 4.33. The number of benzene rings is 1. The number of carbonyl (C=O) groups excluding carboxylic acids is 1. The number of hydrogen-bond acceptors (Lipinski definition) is 2. The lowest BCUT2D eigenvalue weighted by Crippen LogP contribution is -2.37. The minimum Gasteiger partial charge on any atom is -0.378 e. The van der Waals surface area contributed by atoms with Crippen LogP contribution in [0, 0.1) is 0 Å². The summed E-state index contributed by atoms with van der Waals surface area (Å²) < 4.78 is 0. The molecule has 0 saturated carbocycles. The summed E-state index contributed by atoms with van der Waals surface area (Å²) in [6.45, 7) is 1.36. The molecule has 4 heteroatoms. The molecule has 1 aromatic carbocycles. The van der Waals surface area contributed by atoms with Crippen LogP contribution in [0.3, 0.4) is 0 Å². The summed E-state index contributed by atoms with van der Waals surface area (Å²) in [6, 6.07) is 8.31. The van der Waals surface area contributed by atoms with Gasteiger partial charge in [-0.3, -0.25) is 0 Å². The van der Waals surface area contributed by atoms with E-state index in [1.54, 1.807) is 4.90 Å². The highest BCUT2D eigenvalue weighted by Gasteiger charge is 2.09. The Kier molecular flexibility index (Phi) is 6.51. The minimum atomic E-state index is -0.00176. The van der Waals surface area contributed by atoms with Crippen molar-refractivity contribution in [1.82, 2.24) is 10.2 Å². The summed E-state index contributed by atoms with van der Waals surface area (Å²) in [7, 11) is 5.89. The highest BCUT2D eigenvalue weighted by Crippen LogP contribution is 2.19. The Bertz CT molecular complexity index is 534. The van der Waals surface area contributed by atoms with E-state index >= 15 is 0 Å². The second-order valence-electron chi connectivity index (χ2n) is 6.51. The van der Waals surface area contributed by atoms with E-state index < -0.39 is 0 Å². The number of allylic oxidation sites excluding steroid dienone is 1. The zero-order chi connectivity index (χ0) is 16.7. The third-order valence-electron chi connectivity index (χ3n) is 4.33. The first-order chi connectivity index (χ1) is 11.1. The van der Waals surface area contributed by atoms with Crippen molar-refractivity contribution in [3.05, 3.63) is 41.5 Å². The second-order valence-corrected chi connectivity index (χ2v) is 6.51. The highest BCUT2D eigenvalue weighted by molar-refractivity contribution is 5.73. The molecular formula is C19H29N3O. The molecule has 1 aliphatic rings. The molecule has 0 unspecified atom stereocenters. The summed E-state index contributed by atoms with van der Waals surface area (Å²) in [5.74, 6) is 0. The monoisotopic (exact) mass is 315 g/mol. The van der Waals surface area contributed by atoms with Crippen molar-refractivity contribution in [1.29, 1.82) is 0 Å². The molecule has 1 N–H and O–H groups in total. The van der Waals surface area contributed by atoms with Crippen molar-refractivity contribution >= 4 is 11.7 Å². The average molecular weight is 315 g/mol. The normalized spacial score (nSPS) is 14.1. The largest absolute Gasteiger partial charge is 0.378 e. The topological polar surface area (TPSA) is 35.6 Å². The quantitative estimate of drug-likeness (QED) is 0.811. The Morgan fingerprint density at radius 3 is 2.48 bits per heavy atom. The summed E-state index contributed by atoms with van der Waals surface area (Å²) in [6.07, 6.45) is 8.33. The molecule has 0 saturated heterocycles. The first-order valence-electron chi connectivity index (χ1n) is 8.49. The van der Waals surface area contributed by atoms with Crippen LogP contribution in [0.25, 0.3) is 0 Å². The van der Waals surface area contributed by atoms with E-state index in [0.717, 1.165) is 18.5 Å². The fraction of sp³-hybridized carbons (Fsp3) is 0.526. The van der Waals surface area contributed by atoms with Gasteiger partial charge in [0.05, 0.1) is 0 Å². The summed E-state index contributed by atoms with van der Waals surface area (Å²) >= 11 is 0. The fourth-order valence-corrected chi connectivity index (χ4v) is 2.84. The van der Waals surface area contributed by atoms with Crippen molar-refractivity contribution in [2.75, 3.05) is 32.6 Å². The van der Waals surface area contributed by atoms with Crippen LogP contribution in [0.1, 0.15) is 37.7 Å². The van der Waals surface area contributed by atoms with Gasteiger partial charge in [-0.15, -0.1) is 0 Å². The second kappa shape index (κ2) is 8.61. The molecule has 2 amide bonds. The maximum atomic E-state index is 12.2. The molecule has 0 aromatic heterocycles. The van der Waals surface area contributed by atoms with Crippen LogP contribution in [0.4, 0.5) is 10.5 Å². The van der Waals surface area contributed by atoms with E-state index in [9.17, 15) is 4.79 Å². The van der Waals surface area contributed by atoms with Crippen LogP contribution in [-0.4, -0.2) is 38.6 Å². The van der Waals surface area contributed by atoms with Crippen molar-refractivity contribution in [2.45, 2.75) is 38.6 Å². The number of anilines is 1. The first-order valence-corrected chi connectivity index (χ1v) is 8.49. The lowest BCUT2D eigenvalue weighted by atomic mass is 9.97. The van der Waals surface area contributed by atoms with Crippen LogP contribution >= 0.6 is 0 Å². The van der Waals surface area contributed by atoms with Gasteiger partial charge in [0.1, 0.15) is 0 Å². The molecule has 0 heterocycles. The fourth-order valence-electron chi connectivity index (χ4n) is 2.84. The van der Waals surface area contributed by atoms with Gasteiger partial charge in [-0.1, -0.05) is 23.8 Å². The van der Waals surface area contributed by atoms with Crippen molar-refractivity contribution in [3.63, 3.8) is 0 Å². The van der Waals surface area contributed by atoms with E-state index in [1.165, 1.54) is 36.9 Å². The zero-order valence-corrected chi connectivity index (χ0v) is 14.6. The highest BCUT2D eigenvalue weighted by atomic mass is 16.2. The number of urea groups is 1. The first kappa shape index (κ1) is 17.4. The Morgan fingerprint density at radius 2 is 1.87 bits per heavy atom. The van der Waals surface area contributed by atoms with Crippen molar-refractivity contribution in [3.8, 4) is 0 Å². The van der Waals surface area contributed by atoms with Gasteiger partial charge in [0.2, 0.25) is 0 Å². The number of nitrogens with zero attached hydrogens (tertiary/aromatic N) is 2. The molecule has 23 heavy (non-hydrogen) atoms. The molecule has 0 atom stereocenters. The van der Waals surface area contributed by atoms with Crippen LogP contribution in [-0.2, 0) is 6.54 Å². The molecule has 1 aromatic rings. The van der Waals surface area contributed by atoms with Crippen LogP contribution in [0.2, 0.25) is 0 Å². The molecular weight excluding hydrogens is 286 g/mol. The van der Waals surface area contributed by atoms with Gasteiger partial charge in [-0.05, 0) is 49.8 Å². The molecule has 126 valence electrons. The van der Waals surface area contributed by atoms with E-state index in [2.05, 4.69) is 40.6 Å². The predicted molar refractivity (Wildman–Crippen MR) is 96.8 cm³/mol. The summed E-state index contributed by atoms with van der Waals surface area (Å²) in [5.41, 5.74) is 3.81. The number of rotatable bonds is 6. The summed E-state index contributed by atoms with van der Waals surface area (Å²) in [4.78, 5) is 16.0. The minimum absolute atomic E-state index is 0.00176. The van der Waals surface area contributed by atoms with Gasteiger partial charge in [0.25, 0.3) is 0 Å². The molecule has 0 radical (unpaired) electrons. The molecule has 4 nitrogen and oxygen atoms in total. The Balaban J connectivity index is 1.74. The number of nitrogens with one attached hydrogen (secondary N) is 1. The van der Waals surface area contributed by atoms with Crippen LogP contribution in [0.5, 0.6) is 0 Å². The Labute approximate surface area is 140 Å². The van der Waals surface area contributed by atoms with E-state index in [-0.39, 0.29) is 6.03 Å². The van der Waals surface area contributed by atoms with Gasteiger partial charge in [0.15, 0.2) is 0 Å². The smallest absolute Gasteiger partial charge is 0.317 e. The standard InChI is InChI=1S/C19H29N3O/c1-21(2)18-11-9-17(10-12-18)15-22(3)19(23)20-14-13-16-7-5-4-6-8-16/h7,9-12H,4-6,8,13-15H2,1-3H3,(H,20,23). The number of hydrogen-bond donors (Lipinski definition) is 1. The molecule has 0 bridgehead atoms. The van der Waals surface area contributed by atoms with Crippen LogP contribution in [0.15, 0.2) is 35.9 Å². The van der Waals surface area contributed by atoms with Gasteiger partial charge in [0, 0.05) is 39.9 Å². The number of amides is 2. The van der Waals surface area contributed by atoms with Gasteiger partial charge >= 0.3 is 6.03 Å². The Hall–Kier alpha value is -1.97. The molecule has 2 rings (SSSR count).